The summed E-state index contributed by atoms with van der Waals surface area (Å²) < 4.78 is 31.0. The smallest absolute Gasteiger partial charge is 0.248 e. The highest BCUT2D eigenvalue weighted by molar-refractivity contribution is 7.89. The van der Waals surface area contributed by atoms with Crippen molar-refractivity contribution in [3.05, 3.63) is 29.8 Å². The molecule has 0 radical (unpaired) electrons. The predicted octanol–water partition coefficient (Wildman–Crippen LogP) is -0.929. The molecule has 0 spiro atoms. The lowest BCUT2D eigenvalue weighted by Gasteiger charge is -2.15. The largest absolute Gasteiger partial charge is 0.395 e. The van der Waals surface area contributed by atoms with Crippen LogP contribution in [0.3, 0.4) is 0 Å². The molecular formula is C11H16N2O5S. The summed E-state index contributed by atoms with van der Waals surface area (Å²) in [5.41, 5.74) is 5.28. The molecule has 0 aliphatic rings. The average Bonchev–Trinajstić information content (AvgIpc) is 2.38. The summed E-state index contributed by atoms with van der Waals surface area (Å²) in [6.45, 7) is -0.332. The van der Waals surface area contributed by atoms with E-state index in [4.69, 9.17) is 15.6 Å². The summed E-state index contributed by atoms with van der Waals surface area (Å²) in [6, 6.07) is 4.45. The van der Waals surface area contributed by atoms with Gasteiger partial charge in [-0.1, -0.05) is 0 Å². The van der Waals surface area contributed by atoms with Crippen LogP contribution in [-0.2, 0) is 14.8 Å². The van der Waals surface area contributed by atoms with Crippen molar-refractivity contribution >= 4 is 15.9 Å². The zero-order chi connectivity index (χ0) is 14.5. The van der Waals surface area contributed by atoms with E-state index < -0.39 is 22.0 Å². The first-order valence-electron chi connectivity index (χ1n) is 5.42. The second kappa shape index (κ2) is 6.62. The van der Waals surface area contributed by atoms with Gasteiger partial charge in [-0.3, -0.25) is 4.79 Å². The number of ether oxygens (including phenoxy) is 1. The van der Waals surface area contributed by atoms with Crippen LogP contribution >= 0.6 is 0 Å². The first-order valence-corrected chi connectivity index (χ1v) is 6.91. The number of nitrogens with one attached hydrogen (secondary N) is 1. The lowest BCUT2D eigenvalue weighted by molar-refractivity contribution is 0.1000. The minimum Gasteiger partial charge on any atom is -0.395 e. The van der Waals surface area contributed by atoms with Crippen LogP contribution in [0.25, 0.3) is 0 Å². The molecule has 1 unspecified atom stereocenters. The van der Waals surface area contributed by atoms with Gasteiger partial charge in [0.1, 0.15) is 0 Å². The molecule has 0 aliphatic carbocycles. The van der Waals surface area contributed by atoms with Crippen molar-refractivity contribution in [1.29, 1.82) is 0 Å². The predicted molar refractivity (Wildman–Crippen MR) is 68.0 cm³/mol. The van der Waals surface area contributed by atoms with Crippen LogP contribution in [0.15, 0.2) is 29.2 Å². The minimum absolute atomic E-state index is 0.0212. The third kappa shape index (κ3) is 4.28. The Kier molecular flexibility index (Phi) is 5.43. The summed E-state index contributed by atoms with van der Waals surface area (Å²) in [5, 5.41) is 9.02. The zero-order valence-electron chi connectivity index (χ0n) is 10.4. The summed E-state index contributed by atoms with van der Waals surface area (Å²) >= 11 is 0. The molecule has 0 saturated heterocycles. The Morgan fingerprint density at radius 2 is 2.00 bits per heavy atom. The van der Waals surface area contributed by atoms with E-state index in [9.17, 15) is 13.2 Å². The zero-order valence-corrected chi connectivity index (χ0v) is 11.2. The number of rotatable bonds is 7. The van der Waals surface area contributed by atoms with Gasteiger partial charge in [0, 0.05) is 12.7 Å². The standard InChI is InChI=1S/C11H16N2O5S/c1-18-7-9(6-14)13-19(16,17)10-4-2-8(3-5-10)11(12)15/h2-5,9,13-14H,6-7H2,1H3,(H2,12,15). The van der Waals surface area contributed by atoms with Crippen molar-refractivity contribution in [1.82, 2.24) is 4.72 Å². The van der Waals surface area contributed by atoms with E-state index in [2.05, 4.69) is 4.72 Å². The normalized spacial score (nSPS) is 13.2. The maximum atomic E-state index is 12.0. The highest BCUT2D eigenvalue weighted by Crippen LogP contribution is 2.11. The van der Waals surface area contributed by atoms with Crippen LogP contribution in [0.5, 0.6) is 0 Å². The van der Waals surface area contributed by atoms with Crippen molar-refractivity contribution in [2.24, 2.45) is 5.73 Å². The molecule has 0 fully saturated rings. The van der Waals surface area contributed by atoms with E-state index in [1.54, 1.807) is 0 Å². The molecule has 0 saturated carbocycles. The van der Waals surface area contributed by atoms with Crippen molar-refractivity contribution < 1.29 is 23.1 Å². The quantitative estimate of drug-likeness (QED) is 0.599. The lowest BCUT2D eigenvalue weighted by atomic mass is 10.2. The fraction of sp³-hybridized carbons (Fsp3) is 0.364. The van der Waals surface area contributed by atoms with Crippen molar-refractivity contribution in [2.75, 3.05) is 20.3 Å². The number of aliphatic hydroxyl groups is 1. The number of sulfonamides is 1. The van der Waals surface area contributed by atoms with E-state index >= 15 is 0 Å². The van der Waals surface area contributed by atoms with Crippen LogP contribution in [0.4, 0.5) is 0 Å². The van der Waals surface area contributed by atoms with Gasteiger partial charge in [-0.15, -0.1) is 0 Å². The van der Waals surface area contributed by atoms with Crippen LogP contribution in [-0.4, -0.2) is 45.8 Å². The number of carbonyl (C=O) groups excluding carboxylic acids is 1. The lowest BCUT2D eigenvalue weighted by Crippen LogP contribution is -2.40. The fourth-order valence-corrected chi connectivity index (χ4v) is 2.62. The summed E-state index contributed by atoms with van der Waals surface area (Å²) in [5.74, 6) is -0.635. The Morgan fingerprint density at radius 1 is 1.42 bits per heavy atom. The van der Waals surface area contributed by atoms with Crippen LogP contribution in [0.2, 0.25) is 0 Å². The Hall–Kier alpha value is -1.48. The number of hydrogen-bond donors (Lipinski definition) is 3. The molecule has 1 atom stereocenters. The molecule has 0 aliphatic heterocycles. The van der Waals surface area contributed by atoms with Crippen molar-refractivity contribution in [3.8, 4) is 0 Å². The number of methoxy groups -OCH3 is 1. The van der Waals surface area contributed by atoms with Gasteiger partial charge in [-0.2, -0.15) is 0 Å². The monoisotopic (exact) mass is 288 g/mol. The van der Waals surface area contributed by atoms with Gasteiger partial charge in [0.25, 0.3) is 0 Å². The van der Waals surface area contributed by atoms with Crippen LogP contribution in [0, 0.1) is 0 Å². The third-order valence-electron chi connectivity index (χ3n) is 2.36. The number of benzene rings is 1. The molecule has 0 aromatic heterocycles. The topological polar surface area (TPSA) is 119 Å². The van der Waals surface area contributed by atoms with Crippen LogP contribution in [0.1, 0.15) is 10.4 Å². The highest BCUT2D eigenvalue weighted by atomic mass is 32.2. The van der Waals surface area contributed by atoms with Gasteiger partial charge in [0.05, 0.1) is 24.2 Å². The molecule has 19 heavy (non-hydrogen) atoms. The Labute approximate surface area is 111 Å². The van der Waals surface area contributed by atoms with E-state index in [1.807, 2.05) is 0 Å². The molecule has 0 bridgehead atoms. The fourth-order valence-electron chi connectivity index (χ4n) is 1.41. The van der Waals surface area contributed by atoms with E-state index in [0.29, 0.717) is 0 Å². The maximum Gasteiger partial charge on any atom is 0.248 e. The number of carbonyl (C=O) groups is 1. The second-order valence-electron chi connectivity index (χ2n) is 3.84. The molecule has 1 aromatic carbocycles. The minimum atomic E-state index is -3.78. The van der Waals surface area contributed by atoms with E-state index in [1.165, 1.54) is 31.4 Å². The first kappa shape index (κ1) is 15.6. The van der Waals surface area contributed by atoms with E-state index in [0.717, 1.165) is 0 Å². The molecule has 8 heteroatoms. The molecule has 106 valence electrons. The molecule has 1 amide bonds. The van der Waals surface area contributed by atoms with Gasteiger partial charge in [0.2, 0.25) is 15.9 Å². The van der Waals surface area contributed by atoms with Gasteiger partial charge in [-0.25, -0.2) is 13.1 Å². The number of hydrogen-bond acceptors (Lipinski definition) is 5. The van der Waals surface area contributed by atoms with Gasteiger partial charge < -0.3 is 15.6 Å². The summed E-state index contributed by atoms with van der Waals surface area (Å²) in [7, 11) is -2.38. The second-order valence-corrected chi connectivity index (χ2v) is 5.56. The average molecular weight is 288 g/mol. The molecule has 0 heterocycles. The molecule has 1 aromatic rings. The Bertz CT molecular complexity index is 527. The third-order valence-corrected chi connectivity index (χ3v) is 3.90. The maximum absolute atomic E-state index is 12.0. The number of primary amides is 1. The Morgan fingerprint density at radius 3 is 2.42 bits per heavy atom. The molecule has 4 N–H and O–H groups in total. The van der Waals surface area contributed by atoms with E-state index in [-0.39, 0.29) is 23.7 Å². The number of aliphatic hydroxyl groups excluding tert-OH is 1. The summed E-state index contributed by atoms with van der Waals surface area (Å²) in [4.78, 5) is 10.9. The van der Waals surface area contributed by atoms with Crippen molar-refractivity contribution in [2.45, 2.75) is 10.9 Å². The van der Waals surface area contributed by atoms with Crippen molar-refractivity contribution in [3.63, 3.8) is 0 Å². The molecule has 7 nitrogen and oxygen atoms in total. The van der Waals surface area contributed by atoms with Gasteiger partial charge in [0.15, 0.2) is 0 Å². The number of amides is 1. The Balaban J connectivity index is 2.90. The van der Waals surface area contributed by atoms with Gasteiger partial charge in [-0.05, 0) is 24.3 Å². The number of nitrogens with two attached hydrogens (primary N) is 1. The van der Waals surface area contributed by atoms with Gasteiger partial charge >= 0.3 is 0 Å². The summed E-state index contributed by atoms with van der Waals surface area (Å²) in [6.07, 6.45) is 0. The molecular weight excluding hydrogens is 272 g/mol. The first-order chi connectivity index (χ1) is 8.90. The molecule has 1 rings (SSSR count). The SMILES string of the molecule is COCC(CO)NS(=O)(=O)c1ccc(C(N)=O)cc1. The van der Waals surface area contributed by atoms with Crippen LogP contribution < -0.4 is 10.5 Å². The highest BCUT2D eigenvalue weighted by Gasteiger charge is 2.19.